The maximum Gasteiger partial charge on any atom is 0.243 e. The highest BCUT2D eigenvalue weighted by atomic mass is 32.2. The van der Waals surface area contributed by atoms with Gasteiger partial charge in [-0.1, -0.05) is 61.9 Å². The molecule has 1 fully saturated rings. The van der Waals surface area contributed by atoms with Crippen molar-refractivity contribution < 1.29 is 23.1 Å². The summed E-state index contributed by atoms with van der Waals surface area (Å²) in [5.41, 5.74) is 2.50. The Balaban J connectivity index is 1.62. The zero-order valence-electron chi connectivity index (χ0n) is 28.6. The number of aliphatic hydroxyl groups excluding tert-OH is 1. The molecule has 2 aromatic carbocycles. The highest BCUT2D eigenvalue weighted by molar-refractivity contribution is 7.89. The molecule has 254 valence electrons. The molecule has 4 rings (SSSR count). The van der Waals surface area contributed by atoms with Gasteiger partial charge in [-0.15, -0.1) is 0 Å². The van der Waals surface area contributed by atoms with Gasteiger partial charge < -0.3 is 14.9 Å². The van der Waals surface area contributed by atoms with Gasteiger partial charge >= 0.3 is 0 Å². The lowest BCUT2D eigenvalue weighted by atomic mass is 9.87. The number of anilines is 1. The quantitative estimate of drug-likeness (QED) is 0.211. The molecule has 0 spiro atoms. The molecule has 1 saturated heterocycles. The summed E-state index contributed by atoms with van der Waals surface area (Å²) < 4.78 is 28.9. The zero-order chi connectivity index (χ0) is 34.3. The standard InChI is InChI=1S/C37H50N4O5S/c1-26(2)23-41(47(45,46)32-14-12-27(3)13-15-32)25-36(44)30(18-28-10-8-7-9-11-28)21-34(42)31-20-33(38-37(22-31)39(4)5)35(43)19-29-16-17-40(6)24-29/h7-15,20,22,26,29-30,36,44H,16-19,21,23-25H2,1-6H3/t29?,30-,36-/m1/s1. The van der Waals surface area contributed by atoms with Crippen LogP contribution >= 0.6 is 0 Å². The lowest BCUT2D eigenvalue weighted by molar-refractivity contribution is 0.0689. The van der Waals surface area contributed by atoms with Crippen molar-refractivity contribution in [2.45, 2.75) is 57.5 Å². The van der Waals surface area contributed by atoms with Gasteiger partial charge in [-0.05, 0) is 80.9 Å². The van der Waals surface area contributed by atoms with E-state index in [9.17, 15) is 23.1 Å². The zero-order valence-corrected chi connectivity index (χ0v) is 29.4. The average molecular weight is 663 g/mol. The van der Waals surface area contributed by atoms with Gasteiger partial charge in [0.25, 0.3) is 0 Å². The van der Waals surface area contributed by atoms with E-state index >= 15 is 0 Å². The third kappa shape index (κ3) is 10.0. The van der Waals surface area contributed by atoms with Gasteiger partial charge in [0.15, 0.2) is 11.6 Å². The van der Waals surface area contributed by atoms with Crippen LogP contribution in [0.1, 0.15) is 65.1 Å². The molecular weight excluding hydrogens is 612 g/mol. The number of likely N-dealkylation sites (tertiary alicyclic amines) is 1. The van der Waals surface area contributed by atoms with Crippen LogP contribution < -0.4 is 4.90 Å². The Kier molecular flexibility index (Phi) is 12.5. The number of hydrogen-bond donors (Lipinski definition) is 1. The number of carbonyl (C=O) groups excluding carboxylic acids is 2. The Morgan fingerprint density at radius 3 is 2.28 bits per heavy atom. The molecule has 3 atom stereocenters. The van der Waals surface area contributed by atoms with Crippen LogP contribution in [0.15, 0.2) is 71.6 Å². The molecule has 1 aliphatic heterocycles. The Bertz CT molecular complexity index is 1610. The summed E-state index contributed by atoms with van der Waals surface area (Å²) in [5.74, 6) is -0.131. The molecule has 0 bridgehead atoms. The van der Waals surface area contributed by atoms with E-state index in [1.54, 1.807) is 41.3 Å². The van der Waals surface area contributed by atoms with E-state index in [1.807, 2.05) is 72.2 Å². The van der Waals surface area contributed by atoms with E-state index in [0.29, 0.717) is 24.2 Å². The van der Waals surface area contributed by atoms with Gasteiger partial charge in [0.1, 0.15) is 11.5 Å². The molecule has 1 aromatic heterocycles. The summed E-state index contributed by atoms with van der Waals surface area (Å²) in [7, 11) is 1.78. The van der Waals surface area contributed by atoms with Crippen molar-refractivity contribution in [3.63, 3.8) is 0 Å². The molecule has 9 nitrogen and oxygen atoms in total. The third-order valence-corrected chi connectivity index (χ3v) is 10.6. The average Bonchev–Trinajstić information content (AvgIpc) is 3.44. The summed E-state index contributed by atoms with van der Waals surface area (Å²) in [6.07, 6.45) is 0.537. The summed E-state index contributed by atoms with van der Waals surface area (Å²) in [6, 6.07) is 19.5. The van der Waals surface area contributed by atoms with Crippen molar-refractivity contribution in [1.82, 2.24) is 14.2 Å². The van der Waals surface area contributed by atoms with E-state index in [0.717, 1.165) is 30.6 Å². The number of sulfonamides is 1. The van der Waals surface area contributed by atoms with Crippen molar-refractivity contribution in [3.8, 4) is 0 Å². The van der Waals surface area contributed by atoms with Gasteiger partial charge in [0.05, 0.1) is 11.0 Å². The van der Waals surface area contributed by atoms with E-state index < -0.39 is 22.0 Å². The number of pyridine rings is 1. The van der Waals surface area contributed by atoms with Crippen molar-refractivity contribution in [2.75, 3.05) is 52.2 Å². The van der Waals surface area contributed by atoms with Crippen LogP contribution in [-0.4, -0.2) is 92.7 Å². The molecule has 47 heavy (non-hydrogen) atoms. The summed E-state index contributed by atoms with van der Waals surface area (Å²) >= 11 is 0. The molecule has 3 aromatic rings. The Labute approximate surface area is 280 Å². The minimum Gasteiger partial charge on any atom is -0.391 e. The minimum atomic E-state index is -3.90. The van der Waals surface area contributed by atoms with Crippen molar-refractivity contribution >= 4 is 27.4 Å². The Hall–Kier alpha value is -3.44. The first-order chi connectivity index (χ1) is 22.2. The maximum atomic E-state index is 14.0. The molecule has 0 aliphatic carbocycles. The number of hydrogen-bond acceptors (Lipinski definition) is 8. The van der Waals surface area contributed by atoms with E-state index in [2.05, 4.69) is 9.88 Å². The van der Waals surface area contributed by atoms with Crippen LogP contribution in [0.2, 0.25) is 0 Å². The number of Topliss-reactive ketones (excluding diaryl/α,β-unsaturated/α-hetero) is 2. The minimum absolute atomic E-state index is 0.0125. The van der Waals surface area contributed by atoms with E-state index in [-0.39, 0.29) is 53.5 Å². The molecular formula is C37H50N4O5S. The first-order valence-electron chi connectivity index (χ1n) is 16.5. The number of aliphatic hydroxyl groups is 1. The van der Waals surface area contributed by atoms with Gasteiger partial charge in [-0.2, -0.15) is 4.31 Å². The first-order valence-corrected chi connectivity index (χ1v) is 17.9. The second-order valence-electron chi connectivity index (χ2n) is 13.7. The molecule has 10 heteroatoms. The van der Waals surface area contributed by atoms with Crippen molar-refractivity contribution in [2.24, 2.45) is 17.8 Å². The van der Waals surface area contributed by atoms with Crippen LogP contribution in [0.3, 0.4) is 0 Å². The summed E-state index contributed by atoms with van der Waals surface area (Å²) in [4.78, 5) is 36.1. The number of ketones is 2. The number of carbonyl (C=O) groups is 2. The van der Waals surface area contributed by atoms with Crippen molar-refractivity contribution in [1.29, 1.82) is 0 Å². The highest BCUT2D eigenvalue weighted by Crippen LogP contribution is 2.26. The second-order valence-corrected chi connectivity index (χ2v) is 15.6. The van der Waals surface area contributed by atoms with Gasteiger partial charge in [0, 0.05) is 52.1 Å². The number of aryl methyl sites for hydroxylation is 1. The summed E-state index contributed by atoms with van der Waals surface area (Å²) in [6.45, 7) is 7.65. The van der Waals surface area contributed by atoms with Gasteiger partial charge in [-0.25, -0.2) is 13.4 Å². The fourth-order valence-corrected chi connectivity index (χ4v) is 7.74. The number of nitrogens with zero attached hydrogens (tertiary/aromatic N) is 4. The number of aromatic nitrogens is 1. The predicted octanol–water partition coefficient (Wildman–Crippen LogP) is 5.12. The van der Waals surface area contributed by atoms with Crippen molar-refractivity contribution in [3.05, 3.63) is 89.1 Å². The van der Waals surface area contributed by atoms with Crippen LogP contribution in [0.4, 0.5) is 5.82 Å². The molecule has 1 N–H and O–H groups in total. The van der Waals surface area contributed by atoms with E-state index in [1.165, 1.54) is 4.31 Å². The van der Waals surface area contributed by atoms with Gasteiger partial charge in [-0.3, -0.25) is 9.59 Å². The fraction of sp³-hybridized carbons (Fsp3) is 0.486. The predicted molar refractivity (Wildman–Crippen MR) is 186 cm³/mol. The molecule has 0 amide bonds. The lowest BCUT2D eigenvalue weighted by Crippen LogP contribution is -2.43. The largest absolute Gasteiger partial charge is 0.391 e. The second kappa shape index (κ2) is 16.1. The molecule has 1 unspecified atom stereocenters. The molecule has 1 aliphatic rings. The monoisotopic (exact) mass is 662 g/mol. The fourth-order valence-electron chi connectivity index (χ4n) is 6.12. The van der Waals surface area contributed by atoms with E-state index in [4.69, 9.17) is 0 Å². The molecule has 0 saturated carbocycles. The van der Waals surface area contributed by atoms with Crippen LogP contribution in [0, 0.1) is 24.7 Å². The topological polar surface area (TPSA) is 111 Å². The normalized spacial score (nSPS) is 16.8. The maximum absolute atomic E-state index is 14.0. The van der Waals surface area contributed by atoms with Crippen LogP contribution in [0.5, 0.6) is 0 Å². The van der Waals surface area contributed by atoms with Crippen LogP contribution in [0.25, 0.3) is 0 Å². The number of benzene rings is 2. The summed E-state index contributed by atoms with van der Waals surface area (Å²) in [5, 5.41) is 11.7. The van der Waals surface area contributed by atoms with Crippen LogP contribution in [-0.2, 0) is 16.4 Å². The lowest BCUT2D eigenvalue weighted by Gasteiger charge is -2.30. The number of rotatable bonds is 16. The Morgan fingerprint density at radius 2 is 1.68 bits per heavy atom. The molecule has 0 radical (unpaired) electrons. The first kappa shape index (κ1) is 36.4. The third-order valence-electron chi connectivity index (χ3n) is 8.79. The SMILES string of the molecule is Cc1ccc(S(=O)(=O)N(CC(C)C)C[C@@H](O)[C@@H](CC(=O)c2cc(C(=O)CC3CCN(C)C3)nc(N(C)C)c2)Cc2ccccc2)cc1. The van der Waals surface area contributed by atoms with Gasteiger partial charge in [0.2, 0.25) is 10.0 Å². The smallest absolute Gasteiger partial charge is 0.243 e. The highest BCUT2D eigenvalue weighted by Gasteiger charge is 2.32. The molecule has 2 heterocycles. The Morgan fingerprint density at radius 1 is 1.00 bits per heavy atom.